The Labute approximate surface area is 112 Å². The predicted molar refractivity (Wildman–Crippen MR) is 74.1 cm³/mol. The van der Waals surface area contributed by atoms with Gasteiger partial charge in [0, 0.05) is 17.7 Å². The minimum atomic E-state index is -0.229. The van der Waals surface area contributed by atoms with Gasteiger partial charge in [0.1, 0.15) is 11.6 Å². The van der Waals surface area contributed by atoms with Gasteiger partial charge in [-0.25, -0.2) is 9.07 Å². The van der Waals surface area contributed by atoms with Crippen molar-refractivity contribution in [2.45, 2.75) is 32.7 Å². The first-order chi connectivity index (χ1) is 9.19. The highest BCUT2D eigenvalue weighted by atomic mass is 19.1. The molecule has 0 radical (unpaired) electrons. The van der Waals surface area contributed by atoms with Crippen LogP contribution in [0.15, 0.2) is 24.3 Å². The first-order valence-corrected chi connectivity index (χ1v) is 6.80. The highest BCUT2D eigenvalue weighted by molar-refractivity contribution is 5.68. The van der Waals surface area contributed by atoms with E-state index < -0.39 is 0 Å². The van der Waals surface area contributed by atoms with Gasteiger partial charge >= 0.3 is 0 Å². The van der Waals surface area contributed by atoms with Crippen molar-refractivity contribution in [1.82, 2.24) is 9.78 Å². The summed E-state index contributed by atoms with van der Waals surface area (Å²) < 4.78 is 14.9. The van der Waals surface area contributed by atoms with E-state index in [1.165, 1.54) is 25.0 Å². The molecule has 1 fully saturated rings. The van der Waals surface area contributed by atoms with Gasteiger partial charge in [0.05, 0.1) is 5.69 Å². The van der Waals surface area contributed by atoms with Gasteiger partial charge < -0.3 is 5.73 Å². The van der Waals surface area contributed by atoms with Crippen molar-refractivity contribution in [3.8, 4) is 11.3 Å². The van der Waals surface area contributed by atoms with Crippen molar-refractivity contribution in [3.05, 3.63) is 35.6 Å². The van der Waals surface area contributed by atoms with E-state index in [9.17, 15) is 4.39 Å². The van der Waals surface area contributed by atoms with Crippen molar-refractivity contribution >= 4 is 5.82 Å². The minimum Gasteiger partial charge on any atom is -0.384 e. The molecule has 4 heteroatoms. The first-order valence-electron chi connectivity index (χ1n) is 6.80. The second kappa shape index (κ2) is 4.68. The number of rotatable bonds is 4. The van der Waals surface area contributed by atoms with E-state index in [2.05, 4.69) is 12.0 Å². The normalized spacial score (nSPS) is 14.8. The van der Waals surface area contributed by atoms with Gasteiger partial charge in [-0.2, -0.15) is 5.10 Å². The summed E-state index contributed by atoms with van der Waals surface area (Å²) in [7, 11) is 0. The maximum absolute atomic E-state index is 13.0. The summed E-state index contributed by atoms with van der Waals surface area (Å²) >= 11 is 0. The fraction of sp³-hybridized carbons (Fsp3) is 0.400. The molecule has 1 aliphatic rings. The lowest BCUT2D eigenvalue weighted by Crippen LogP contribution is -2.06. The topological polar surface area (TPSA) is 43.8 Å². The molecular formula is C15H18FN3. The maximum atomic E-state index is 13.0. The Morgan fingerprint density at radius 2 is 2.00 bits per heavy atom. The molecule has 1 heterocycles. The number of aromatic nitrogens is 2. The highest BCUT2D eigenvalue weighted by Gasteiger charge is 2.25. The van der Waals surface area contributed by atoms with Crippen LogP contribution >= 0.6 is 0 Å². The first kappa shape index (κ1) is 12.2. The molecule has 1 aromatic carbocycles. The molecule has 100 valence electrons. The number of halogens is 1. The fourth-order valence-electron chi connectivity index (χ4n) is 2.38. The van der Waals surface area contributed by atoms with Gasteiger partial charge in [0.15, 0.2) is 0 Å². The third-order valence-corrected chi connectivity index (χ3v) is 3.69. The third-order valence-electron chi connectivity index (χ3n) is 3.69. The van der Waals surface area contributed by atoms with Gasteiger partial charge in [-0.3, -0.25) is 0 Å². The third kappa shape index (κ3) is 2.35. The second-order valence-corrected chi connectivity index (χ2v) is 5.20. The molecule has 2 N–H and O–H groups in total. The summed E-state index contributed by atoms with van der Waals surface area (Å²) in [5.41, 5.74) is 9.07. The molecule has 0 aliphatic heterocycles. The van der Waals surface area contributed by atoms with Crippen LogP contribution in [0.25, 0.3) is 11.3 Å². The summed E-state index contributed by atoms with van der Waals surface area (Å²) in [4.78, 5) is 0. The molecule has 0 amide bonds. The van der Waals surface area contributed by atoms with E-state index in [-0.39, 0.29) is 5.82 Å². The van der Waals surface area contributed by atoms with E-state index in [0.717, 1.165) is 41.5 Å². The molecule has 1 aliphatic carbocycles. The summed E-state index contributed by atoms with van der Waals surface area (Å²) in [6.07, 6.45) is 3.38. The number of nitrogens with zero attached hydrogens (tertiary/aromatic N) is 2. The minimum absolute atomic E-state index is 0.229. The SMILES string of the molecule is CCc1c(-c2ccc(F)cc2)nn(CC2CC2)c1N. The quantitative estimate of drug-likeness (QED) is 0.916. The van der Waals surface area contributed by atoms with Crippen LogP contribution in [0.5, 0.6) is 0 Å². The molecule has 0 bridgehead atoms. The molecule has 19 heavy (non-hydrogen) atoms. The van der Waals surface area contributed by atoms with Crippen LogP contribution in [0, 0.1) is 11.7 Å². The lowest BCUT2D eigenvalue weighted by atomic mass is 10.1. The smallest absolute Gasteiger partial charge is 0.125 e. The fourth-order valence-corrected chi connectivity index (χ4v) is 2.38. The monoisotopic (exact) mass is 259 g/mol. The Morgan fingerprint density at radius 1 is 1.32 bits per heavy atom. The van der Waals surface area contributed by atoms with E-state index in [1.54, 1.807) is 12.1 Å². The van der Waals surface area contributed by atoms with E-state index in [0.29, 0.717) is 0 Å². The molecule has 1 saturated carbocycles. The van der Waals surface area contributed by atoms with Crippen molar-refractivity contribution < 1.29 is 4.39 Å². The summed E-state index contributed by atoms with van der Waals surface area (Å²) in [6.45, 7) is 2.97. The zero-order valence-electron chi connectivity index (χ0n) is 11.1. The van der Waals surface area contributed by atoms with E-state index in [1.807, 2.05) is 4.68 Å². The number of hydrogen-bond donors (Lipinski definition) is 1. The largest absolute Gasteiger partial charge is 0.384 e. The lowest BCUT2D eigenvalue weighted by Gasteiger charge is -2.02. The molecular weight excluding hydrogens is 241 g/mol. The van der Waals surface area contributed by atoms with E-state index >= 15 is 0 Å². The Kier molecular flexibility index (Phi) is 3.01. The number of benzene rings is 1. The summed E-state index contributed by atoms with van der Waals surface area (Å²) in [5, 5.41) is 4.63. The standard InChI is InChI=1S/C15H18FN3/c1-2-13-14(11-5-7-12(16)8-6-11)18-19(15(13)17)9-10-3-4-10/h5-8,10H,2-4,9,17H2,1H3. The number of nitrogens with two attached hydrogens (primary N) is 1. The molecule has 1 aromatic heterocycles. The van der Waals surface area contributed by atoms with Gasteiger partial charge in [-0.05, 0) is 49.4 Å². The predicted octanol–water partition coefficient (Wildman–Crippen LogP) is 3.24. The van der Waals surface area contributed by atoms with Gasteiger partial charge in [0.25, 0.3) is 0 Å². The van der Waals surface area contributed by atoms with Crippen LogP contribution in [-0.4, -0.2) is 9.78 Å². The maximum Gasteiger partial charge on any atom is 0.125 e. The van der Waals surface area contributed by atoms with Crippen molar-refractivity contribution in [2.24, 2.45) is 5.92 Å². The molecule has 2 aromatic rings. The van der Waals surface area contributed by atoms with Crippen molar-refractivity contribution in [3.63, 3.8) is 0 Å². The van der Waals surface area contributed by atoms with Gasteiger partial charge in [-0.15, -0.1) is 0 Å². The van der Waals surface area contributed by atoms with Crippen molar-refractivity contribution in [1.29, 1.82) is 0 Å². The van der Waals surface area contributed by atoms with Crippen LogP contribution in [-0.2, 0) is 13.0 Å². The van der Waals surface area contributed by atoms with Gasteiger partial charge in [0.2, 0.25) is 0 Å². The van der Waals surface area contributed by atoms with Crippen LogP contribution in [0.2, 0.25) is 0 Å². The average molecular weight is 259 g/mol. The van der Waals surface area contributed by atoms with Crippen LogP contribution in [0.1, 0.15) is 25.3 Å². The Balaban J connectivity index is 2.01. The molecule has 3 rings (SSSR count). The Bertz CT molecular complexity index is 582. The van der Waals surface area contributed by atoms with Crippen LogP contribution in [0.4, 0.5) is 10.2 Å². The molecule has 3 nitrogen and oxygen atoms in total. The van der Waals surface area contributed by atoms with Crippen molar-refractivity contribution in [2.75, 3.05) is 5.73 Å². The van der Waals surface area contributed by atoms with Gasteiger partial charge in [-0.1, -0.05) is 6.92 Å². The summed E-state index contributed by atoms with van der Waals surface area (Å²) in [6, 6.07) is 6.45. The Morgan fingerprint density at radius 3 is 2.58 bits per heavy atom. The lowest BCUT2D eigenvalue weighted by molar-refractivity contribution is 0.572. The molecule has 0 saturated heterocycles. The second-order valence-electron chi connectivity index (χ2n) is 5.20. The van der Waals surface area contributed by atoms with E-state index in [4.69, 9.17) is 5.73 Å². The number of anilines is 1. The summed E-state index contributed by atoms with van der Waals surface area (Å²) in [5.74, 6) is 1.26. The Hall–Kier alpha value is -1.84. The molecule has 0 atom stereocenters. The van der Waals surface area contributed by atoms with Crippen LogP contribution < -0.4 is 5.73 Å². The number of hydrogen-bond acceptors (Lipinski definition) is 2. The highest BCUT2D eigenvalue weighted by Crippen LogP contribution is 2.34. The molecule has 0 spiro atoms. The number of nitrogen functional groups attached to an aromatic ring is 1. The molecule has 0 unspecified atom stereocenters. The van der Waals surface area contributed by atoms with Crippen LogP contribution in [0.3, 0.4) is 0 Å². The zero-order valence-corrected chi connectivity index (χ0v) is 11.1. The zero-order chi connectivity index (χ0) is 13.4. The average Bonchev–Trinajstić information content (AvgIpc) is 3.16.